The first-order chi connectivity index (χ1) is 51.3. The Bertz CT molecular complexity index is 4920. The molecule has 10 rings (SSSR count). The van der Waals surface area contributed by atoms with E-state index in [-0.39, 0.29) is 68.0 Å². The number of nitrogens with zero attached hydrogens (tertiary/aromatic N) is 1. The van der Waals surface area contributed by atoms with Crippen molar-refractivity contribution in [1.82, 2.24) is 4.90 Å². The maximum atomic E-state index is 13.8. The third kappa shape index (κ3) is 23.9. The Labute approximate surface area is 637 Å². The van der Waals surface area contributed by atoms with Crippen LogP contribution >= 0.6 is 15.9 Å². The fourth-order valence-electron chi connectivity index (χ4n) is 13.2. The topological polar surface area (TPSA) is 267 Å². The predicted octanol–water partition coefficient (Wildman–Crippen LogP) is 17.5. The molecule has 28 heteroatoms. The number of alkyl halides is 10. The minimum absolute atomic E-state index is 0.00420. The molecule has 0 aliphatic carbocycles. The number of aliphatic hydroxyl groups excluding tert-OH is 1. The van der Waals surface area contributed by atoms with E-state index in [1.54, 1.807) is 87.5 Å². The number of aryl methyl sites for hydroxylation is 6. The van der Waals surface area contributed by atoms with Gasteiger partial charge >= 0.3 is 18.5 Å². The second-order valence-corrected chi connectivity index (χ2v) is 31.9. The molecule has 15 nitrogen and oxygen atoms in total. The number of sulfonamides is 3. The second kappa shape index (κ2) is 37.3. The van der Waals surface area contributed by atoms with Gasteiger partial charge in [0.15, 0.2) is 11.6 Å². The van der Waals surface area contributed by atoms with Gasteiger partial charge in [0.2, 0.25) is 30.1 Å². The number of carbonyl (C=O) groups is 3. The summed E-state index contributed by atoms with van der Waals surface area (Å²) in [5, 5.41) is 28.3. The lowest BCUT2D eigenvalue weighted by Gasteiger charge is -2.18. The number of nitrogens with one attached hydrogen (secondary N) is 1. The zero-order valence-electron chi connectivity index (χ0n) is 59.9. The minimum atomic E-state index is -4.53. The lowest BCUT2D eigenvalue weighted by Crippen LogP contribution is -2.20. The number of anilines is 1. The number of unbranched alkanes of at least 4 members (excludes halogenated alkanes) is 3. The van der Waals surface area contributed by atoms with Crippen molar-refractivity contribution in [2.75, 3.05) is 36.9 Å². The van der Waals surface area contributed by atoms with E-state index in [4.69, 9.17) is 20.5 Å². The van der Waals surface area contributed by atoms with Crippen molar-refractivity contribution in [3.63, 3.8) is 0 Å². The Morgan fingerprint density at radius 3 is 1.17 bits per heavy atom. The van der Waals surface area contributed by atoms with E-state index in [0.717, 1.165) is 68.8 Å². The largest absolute Gasteiger partial charge is 0.417 e. The zero-order valence-corrected chi connectivity index (χ0v) is 63.9. The van der Waals surface area contributed by atoms with E-state index in [2.05, 4.69) is 26.1 Å². The van der Waals surface area contributed by atoms with Gasteiger partial charge < -0.3 is 15.3 Å². The molecule has 0 unspecified atom stereocenters. The van der Waals surface area contributed by atoms with Gasteiger partial charge in [-0.1, -0.05) is 125 Å². The van der Waals surface area contributed by atoms with Gasteiger partial charge in [0.25, 0.3) is 5.91 Å². The molecule has 9 aromatic carbocycles. The first kappa shape index (κ1) is 85.9. The first-order valence-electron chi connectivity index (χ1n) is 34.8. The second-order valence-electron chi connectivity index (χ2n) is 26.5. The van der Waals surface area contributed by atoms with Crippen LogP contribution in [-0.2, 0) is 80.7 Å². The standard InChI is InChI=1S/C29H32F3N3O3S.C26H25BrF3NO3S.C26H26F3NO4S/c1-20-18-22(11-14-27(20)39(33,37)38)28(36)34-23-12-13-24(25-9-2-3-10-26(25)29(30,31)32)21(19-23)8-4-5-15-35-16-6-7-17-35;1-17-14-18(9-12-25(17)35(31,33)34)15-24(32)20-10-11-21(19(16-20)6-4-5-13-27)22-7-2-3-8-23(22)26(28,29)30;1-17-14-18(9-12-25(17)35(30,33)34)15-24(32)20-10-11-21(19(16-20)6-4-5-13-31)22-7-2-3-8-23(22)26(27,28)29/h2-3,9-14,18-19H,4-8,15-17H2,1H3,(H,34,36)(H2,33,37,38);2-3,7-12,14,16H,4-6,13,15H2,1H3,(H2,31,33,34);2-3,7-12,14,16,31H,4-6,13,15H2,1H3,(H2,30,33,34). The van der Waals surface area contributed by atoms with E-state index >= 15 is 0 Å². The number of aliphatic hydroxyl groups is 1. The van der Waals surface area contributed by atoms with Crippen LogP contribution in [0.2, 0.25) is 0 Å². The van der Waals surface area contributed by atoms with Gasteiger partial charge in [-0.3, -0.25) is 14.4 Å². The monoisotopic (exact) mass is 1630 g/mol. The lowest BCUT2D eigenvalue weighted by molar-refractivity contribution is -0.137. The van der Waals surface area contributed by atoms with Crippen LogP contribution in [-0.4, -0.2) is 84.3 Å². The van der Waals surface area contributed by atoms with E-state index in [1.165, 1.54) is 110 Å². The molecule has 1 fully saturated rings. The van der Waals surface area contributed by atoms with Crippen LogP contribution in [0.1, 0.15) is 144 Å². The van der Waals surface area contributed by atoms with E-state index < -0.39 is 71.2 Å². The highest BCUT2D eigenvalue weighted by atomic mass is 79.9. The number of hydrogen-bond acceptors (Lipinski definition) is 11. The van der Waals surface area contributed by atoms with Crippen molar-refractivity contribution in [2.45, 2.75) is 137 Å². The van der Waals surface area contributed by atoms with Crippen molar-refractivity contribution >= 4 is 69.2 Å². The molecule has 1 aliphatic heterocycles. The fourth-order valence-corrected chi connectivity index (χ4v) is 15.9. The summed E-state index contributed by atoms with van der Waals surface area (Å²) in [5.41, 5.74) is 5.15. The summed E-state index contributed by atoms with van der Waals surface area (Å²) >= 11 is 3.37. The molecule has 0 atom stereocenters. The Morgan fingerprint density at radius 1 is 0.431 bits per heavy atom. The lowest BCUT2D eigenvalue weighted by atomic mass is 9.90. The van der Waals surface area contributed by atoms with E-state index in [0.29, 0.717) is 110 Å². The number of amides is 1. The number of halogens is 10. The number of hydrogen-bond donors (Lipinski definition) is 5. The SMILES string of the molecule is Cc1cc(C(=O)Nc2ccc(-c3ccccc3C(F)(F)F)c(CCCCN3CCCC3)c2)ccc1S(N)(=O)=O.Cc1cc(CC(=O)c2ccc(-c3ccccc3C(F)(F)F)c(CCCCBr)c2)ccc1S(N)(=O)=O.Cc1cc(CC(=O)c2ccc(-c3ccccc3C(F)(F)F)c(CCCCO)c2)ccc1S(N)(=O)=O. The maximum Gasteiger partial charge on any atom is 0.417 e. The molecule has 0 aromatic heterocycles. The quantitative estimate of drug-likeness (QED) is 0.0140. The molecule has 0 spiro atoms. The number of rotatable bonds is 27. The fraction of sp³-hybridized carbons (Fsp3) is 0.296. The molecule has 1 aliphatic rings. The predicted molar refractivity (Wildman–Crippen MR) is 408 cm³/mol. The molecule has 580 valence electrons. The Hall–Kier alpha value is -8.71. The van der Waals surface area contributed by atoms with Crippen molar-refractivity contribution in [2.24, 2.45) is 15.4 Å². The van der Waals surface area contributed by atoms with Gasteiger partial charge in [0, 0.05) is 47.2 Å². The van der Waals surface area contributed by atoms with Gasteiger partial charge in [-0.25, -0.2) is 40.7 Å². The minimum Gasteiger partial charge on any atom is -0.396 e. The summed E-state index contributed by atoms with van der Waals surface area (Å²) in [4.78, 5) is 41.3. The number of primary sulfonamides is 3. The Balaban J connectivity index is 0.000000206. The van der Waals surface area contributed by atoms with Gasteiger partial charge in [0.1, 0.15) is 0 Å². The molecular formula is C81H83BrF9N5O10S3. The molecule has 0 saturated carbocycles. The summed E-state index contributed by atoms with van der Waals surface area (Å²) in [5.74, 6) is -0.945. The normalized spacial score (nSPS) is 12.9. The number of carbonyl (C=O) groups excluding carboxylic acids is 3. The number of ketones is 2. The van der Waals surface area contributed by atoms with Gasteiger partial charge in [-0.2, -0.15) is 39.5 Å². The van der Waals surface area contributed by atoms with Crippen molar-refractivity contribution in [1.29, 1.82) is 0 Å². The third-order valence-corrected chi connectivity index (χ3v) is 22.2. The Kier molecular flexibility index (Phi) is 29.4. The maximum absolute atomic E-state index is 13.8. The molecule has 8 N–H and O–H groups in total. The first-order valence-corrected chi connectivity index (χ1v) is 40.6. The highest BCUT2D eigenvalue weighted by Gasteiger charge is 2.37. The average molecular weight is 1630 g/mol. The summed E-state index contributed by atoms with van der Waals surface area (Å²) < 4.78 is 193. The summed E-state index contributed by atoms with van der Waals surface area (Å²) in [6.45, 7) is 7.82. The van der Waals surface area contributed by atoms with Crippen LogP contribution in [0.15, 0.2) is 197 Å². The highest BCUT2D eigenvalue weighted by Crippen LogP contribution is 2.43. The summed E-state index contributed by atoms with van der Waals surface area (Å²) in [6.07, 6.45) is -5.32. The molecule has 1 saturated heterocycles. The summed E-state index contributed by atoms with van der Waals surface area (Å²) in [7, 11) is -11.7. The van der Waals surface area contributed by atoms with E-state index in [1.807, 2.05) is 0 Å². The van der Waals surface area contributed by atoms with Crippen LogP contribution in [0.25, 0.3) is 33.4 Å². The van der Waals surface area contributed by atoms with Crippen LogP contribution < -0.4 is 20.7 Å². The zero-order chi connectivity index (χ0) is 79.8. The molecule has 1 amide bonds. The Morgan fingerprint density at radius 2 is 0.789 bits per heavy atom. The van der Waals surface area contributed by atoms with Gasteiger partial charge in [-0.05, 0) is 262 Å². The van der Waals surface area contributed by atoms with Crippen LogP contribution in [0.5, 0.6) is 0 Å². The van der Waals surface area contributed by atoms with Gasteiger partial charge in [-0.15, -0.1) is 0 Å². The molecule has 0 radical (unpaired) electrons. The van der Waals surface area contributed by atoms with Crippen molar-refractivity contribution in [3.05, 3.63) is 260 Å². The molecule has 0 bridgehead atoms. The smallest absolute Gasteiger partial charge is 0.396 e. The summed E-state index contributed by atoms with van der Waals surface area (Å²) in [6, 6.07) is 43.6. The van der Waals surface area contributed by atoms with E-state index in [9.17, 15) is 79.2 Å². The van der Waals surface area contributed by atoms with Crippen LogP contribution in [0.3, 0.4) is 0 Å². The molecule has 9 aromatic rings. The number of benzene rings is 9. The number of nitrogens with two attached hydrogens (primary N) is 3. The number of likely N-dealkylation sites (tertiary alicyclic amines) is 1. The third-order valence-electron chi connectivity index (χ3n) is 18.4. The highest BCUT2D eigenvalue weighted by molar-refractivity contribution is 9.09. The van der Waals surface area contributed by atoms with Gasteiger partial charge in [0.05, 0.1) is 31.4 Å². The van der Waals surface area contributed by atoms with Crippen molar-refractivity contribution < 1.29 is 84.3 Å². The molecule has 1 heterocycles. The van der Waals surface area contributed by atoms with Crippen molar-refractivity contribution in [3.8, 4) is 33.4 Å². The molecule has 109 heavy (non-hydrogen) atoms. The number of Topliss-reactive ketones (excluding diaryl/α,β-unsaturated/α-hetero) is 2. The average Bonchev–Trinajstić information content (AvgIpc) is 0.940. The molecular weight excluding hydrogens is 1550 g/mol. The van der Waals surface area contributed by atoms with Crippen LogP contribution in [0, 0.1) is 20.8 Å². The van der Waals surface area contributed by atoms with Crippen LogP contribution in [0.4, 0.5) is 45.2 Å².